The maximum absolute atomic E-state index is 11.8. The first-order valence-corrected chi connectivity index (χ1v) is 7.13. The van der Waals surface area contributed by atoms with Gasteiger partial charge in [-0.25, -0.2) is 0 Å². The standard InChI is InChI=1S/C14H29N3O2/c1-11(2)15-13(14(18)19-5)10-17(4)9-12-6-7-16(3)8-12/h11-13,15H,6-10H2,1-5H3. The topological polar surface area (TPSA) is 44.8 Å². The lowest BCUT2D eigenvalue weighted by atomic mass is 10.1. The van der Waals surface area contributed by atoms with E-state index in [9.17, 15) is 4.79 Å². The van der Waals surface area contributed by atoms with E-state index in [0.717, 1.165) is 13.1 Å². The van der Waals surface area contributed by atoms with Gasteiger partial charge in [0.25, 0.3) is 0 Å². The van der Waals surface area contributed by atoms with E-state index in [4.69, 9.17) is 4.74 Å². The Morgan fingerprint density at radius 2 is 2.21 bits per heavy atom. The fraction of sp³-hybridized carbons (Fsp3) is 0.929. The van der Waals surface area contributed by atoms with Crippen molar-refractivity contribution >= 4 is 5.97 Å². The Kier molecular flexibility index (Phi) is 6.75. The van der Waals surface area contributed by atoms with Gasteiger partial charge in [-0.15, -0.1) is 0 Å². The Hall–Kier alpha value is -0.650. The third-order valence-electron chi connectivity index (χ3n) is 3.57. The summed E-state index contributed by atoms with van der Waals surface area (Å²) in [4.78, 5) is 16.4. The highest BCUT2D eigenvalue weighted by Crippen LogP contribution is 2.15. The average molecular weight is 271 g/mol. The molecule has 2 atom stereocenters. The van der Waals surface area contributed by atoms with Crippen LogP contribution in [0.2, 0.25) is 0 Å². The number of ether oxygens (including phenoxy) is 1. The van der Waals surface area contributed by atoms with E-state index in [0.29, 0.717) is 12.5 Å². The van der Waals surface area contributed by atoms with Crippen LogP contribution in [0.25, 0.3) is 0 Å². The molecule has 0 radical (unpaired) electrons. The van der Waals surface area contributed by atoms with E-state index in [2.05, 4.69) is 29.2 Å². The number of nitrogens with zero attached hydrogens (tertiary/aromatic N) is 2. The largest absolute Gasteiger partial charge is 0.468 e. The molecule has 1 fully saturated rings. The molecular weight excluding hydrogens is 242 g/mol. The molecule has 0 bridgehead atoms. The molecule has 1 rings (SSSR count). The van der Waals surface area contributed by atoms with Crippen molar-refractivity contribution in [3.63, 3.8) is 0 Å². The number of nitrogens with one attached hydrogen (secondary N) is 1. The number of hydrogen-bond acceptors (Lipinski definition) is 5. The molecule has 1 N–H and O–H groups in total. The Morgan fingerprint density at radius 1 is 1.53 bits per heavy atom. The fourth-order valence-electron chi connectivity index (χ4n) is 2.74. The lowest BCUT2D eigenvalue weighted by Crippen LogP contribution is -2.49. The van der Waals surface area contributed by atoms with Crippen molar-refractivity contribution in [3.05, 3.63) is 0 Å². The van der Waals surface area contributed by atoms with Gasteiger partial charge in [0.05, 0.1) is 7.11 Å². The van der Waals surface area contributed by atoms with Gasteiger partial charge in [0, 0.05) is 25.7 Å². The minimum absolute atomic E-state index is 0.177. The van der Waals surface area contributed by atoms with Gasteiger partial charge in [-0.2, -0.15) is 0 Å². The van der Waals surface area contributed by atoms with E-state index in [-0.39, 0.29) is 18.1 Å². The minimum Gasteiger partial charge on any atom is -0.468 e. The predicted molar refractivity (Wildman–Crippen MR) is 77.2 cm³/mol. The third-order valence-corrected chi connectivity index (χ3v) is 3.57. The lowest BCUT2D eigenvalue weighted by Gasteiger charge is -2.26. The van der Waals surface area contributed by atoms with Crippen molar-refractivity contribution < 1.29 is 9.53 Å². The number of esters is 1. The van der Waals surface area contributed by atoms with Gasteiger partial charge < -0.3 is 19.9 Å². The van der Waals surface area contributed by atoms with Gasteiger partial charge in [-0.3, -0.25) is 4.79 Å². The van der Waals surface area contributed by atoms with Crippen molar-refractivity contribution in [1.29, 1.82) is 0 Å². The highest BCUT2D eigenvalue weighted by Gasteiger charge is 2.25. The van der Waals surface area contributed by atoms with Gasteiger partial charge in [0.1, 0.15) is 6.04 Å². The van der Waals surface area contributed by atoms with Crippen LogP contribution in [-0.4, -0.2) is 75.2 Å². The summed E-state index contributed by atoms with van der Waals surface area (Å²) in [6.07, 6.45) is 1.25. The van der Waals surface area contributed by atoms with Crippen molar-refractivity contribution in [2.24, 2.45) is 5.92 Å². The number of carbonyl (C=O) groups excluding carboxylic acids is 1. The third kappa shape index (κ3) is 5.89. The second-order valence-corrected chi connectivity index (χ2v) is 6.04. The molecule has 5 heteroatoms. The summed E-state index contributed by atoms with van der Waals surface area (Å²) < 4.78 is 4.86. The van der Waals surface area contributed by atoms with Crippen LogP contribution in [0.1, 0.15) is 20.3 Å². The molecule has 0 aliphatic carbocycles. The monoisotopic (exact) mass is 271 g/mol. The lowest BCUT2D eigenvalue weighted by molar-refractivity contribution is -0.143. The van der Waals surface area contributed by atoms with Gasteiger partial charge in [-0.05, 0) is 33.0 Å². The Labute approximate surface area is 117 Å². The molecule has 1 aliphatic rings. The zero-order valence-corrected chi connectivity index (χ0v) is 13.0. The number of likely N-dealkylation sites (tertiary alicyclic amines) is 1. The van der Waals surface area contributed by atoms with Crippen LogP contribution in [0, 0.1) is 5.92 Å². The molecular formula is C14H29N3O2. The van der Waals surface area contributed by atoms with Crippen LogP contribution in [0.15, 0.2) is 0 Å². The van der Waals surface area contributed by atoms with Crippen molar-refractivity contribution in [1.82, 2.24) is 15.1 Å². The molecule has 19 heavy (non-hydrogen) atoms. The number of carbonyl (C=O) groups is 1. The van der Waals surface area contributed by atoms with E-state index >= 15 is 0 Å². The van der Waals surface area contributed by atoms with Gasteiger partial charge in [-0.1, -0.05) is 13.8 Å². The molecule has 1 aliphatic heterocycles. The van der Waals surface area contributed by atoms with Crippen LogP contribution in [0.5, 0.6) is 0 Å². The maximum Gasteiger partial charge on any atom is 0.324 e. The summed E-state index contributed by atoms with van der Waals surface area (Å²) in [5.74, 6) is 0.538. The highest BCUT2D eigenvalue weighted by atomic mass is 16.5. The Morgan fingerprint density at radius 3 is 2.68 bits per heavy atom. The summed E-state index contributed by atoms with van der Waals surface area (Å²) in [6.45, 7) is 8.17. The quantitative estimate of drug-likeness (QED) is 0.680. The van der Waals surface area contributed by atoms with E-state index < -0.39 is 0 Å². The van der Waals surface area contributed by atoms with Gasteiger partial charge in [0.2, 0.25) is 0 Å². The molecule has 1 heterocycles. The molecule has 2 unspecified atom stereocenters. The Bertz CT molecular complexity index is 284. The van der Waals surface area contributed by atoms with Crippen LogP contribution < -0.4 is 5.32 Å². The summed E-state index contributed by atoms with van der Waals surface area (Å²) >= 11 is 0. The second kappa shape index (κ2) is 7.82. The van der Waals surface area contributed by atoms with Crippen LogP contribution in [0.3, 0.4) is 0 Å². The summed E-state index contributed by atoms with van der Waals surface area (Å²) in [6, 6.07) is 0.0317. The van der Waals surface area contributed by atoms with Gasteiger partial charge >= 0.3 is 5.97 Å². The fourth-order valence-corrected chi connectivity index (χ4v) is 2.74. The Balaban J connectivity index is 2.41. The first kappa shape index (κ1) is 16.4. The summed E-state index contributed by atoms with van der Waals surface area (Å²) in [5.41, 5.74) is 0. The number of hydrogen-bond donors (Lipinski definition) is 1. The molecule has 0 spiro atoms. The van der Waals surface area contributed by atoms with Crippen LogP contribution in [-0.2, 0) is 9.53 Å². The molecule has 0 aromatic heterocycles. The molecule has 0 saturated carbocycles. The molecule has 5 nitrogen and oxygen atoms in total. The summed E-state index contributed by atoms with van der Waals surface area (Å²) in [5, 5.41) is 3.27. The molecule has 0 aromatic rings. The maximum atomic E-state index is 11.8. The predicted octanol–water partition coefficient (Wildman–Crippen LogP) is 0.410. The highest BCUT2D eigenvalue weighted by molar-refractivity contribution is 5.75. The zero-order chi connectivity index (χ0) is 14.4. The van der Waals surface area contributed by atoms with Crippen LogP contribution in [0.4, 0.5) is 0 Å². The molecule has 0 amide bonds. The molecule has 1 saturated heterocycles. The smallest absolute Gasteiger partial charge is 0.324 e. The van der Waals surface area contributed by atoms with E-state index in [1.54, 1.807) is 0 Å². The van der Waals surface area contributed by atoms with E-state index in [1.807, 2.05) is 13.8 Å². The SMILES string of the molecule is COC(=O)C(CN(C)CC1CCN(C)C1)NC(C)C. The zero-order valence-electron chi connectivity index (χ0n) is 13.0. The van der Waals surface area contributed by atoms with Crippen molar-refractivity contribution in [2.45, 2.75) is 32.4 Å². The van der Waals surface area contributed by atoms with Crippen molar-refractivity contribution in [2.75, 3.05) is 47.4 Å². The van der Waals surface area contributed by atoms with Crippen molar-refractivity contribution in [3.8, 4) is 0 Å². The second-order valence-electron chi connectivity index (χ2n) is 6.04. The average Bonchev–Trinajstić information content (AvgIpc) is 2.72. The van der Waals surface area contributed by atoms with Crippen LogP contribution >= 0.6 is 0 Å². The summed E-state index contributed by atoms with van der Waals surface area (Å²) in [7, 11) is 5.69. The first-order valence-electron chi connectivity index (χ1n) is 7.13. The number of likely N-dealkylation sites (N-methyl/N-ethyl adjacent to an activating group) is 1. The molecule has 112 valence electrons. The minimum atomic E-state index is -0.242. The number of rotatable bonds is 7. The normalized spacial score (nSPS) is 22.2. The molecule has 0 aromatic carbocycles. The first-order chi connectivity index (χ1) is 8.92. The van der Waals surface area contributed by atoms with E-state index in [1.165, 1.54) is 20.1 Å². The van der Waals surface area contributed by atoms with Gasteiger partial charge in [0.15, 0.2) is 0 Å². The number of methoxy groups -OCH3 is 1.